The summed E-state index contributed by atoms with van der Waals surface area (Å²) < 4.78 is 0. The van der Waals surface area contributed by atoms with Crippen molar-refractivity contribution < 1.29 is 20.4 Å². The van der Waals surface area contributed by atoms with Crippen LogP contribution >= 0.6 is 0 Å². The summed E-state index contributed by atoms with van der Waals surface area (Å²) in [5.41, 5.74) is 0. The molecule has 0 aromatic rings. The highest BCUT2D eigenvalue weighted by Gasteiger charge is 1.96. The van der Waals surface area contributed by atoms with Crippen LogP contribution in [0.25, 0.3) is 0 Å². The fraction of sp³-hybridized carbons (Fsp3) is 1.00. The lowest BCUT2D eigenvalue weighted by atomic mass is 10.2. The predicted octanol–water partition coefficient (Wildman–Crippen LogP) is -0.240. The molecule has 0 saturated carbocycles. The SMILES string of the molecule is CC(CCO)NCO.CN(CCCCO)CCCCO. The third kappa shape index (κ3) is 20.1. The lowest BCUT2D eigenvalue weighted by Crippen LogP contribution is -2.27. The minimum Gasteiger partial charge on any atom is -0.396 e. The maximum atomic E-state index is 8.54. The fourth-order valence-corrected chi connectivity index (χ4v) is 1.55. The van der Waals surface area contributed by atoms with E-state index in [0.717, 1.165) is 38.8 Å². The Hall–Kier alpha value is -0.240. The molecule has 0 aliphatic carbocycles. The van der Waals surface area contributed by atoms with Crippen molar-refractivity contribution in [2.24, 2.45) is 0 Å². The van der Waals surface area contributed by atoms with Crippen molar-refractivity contribution >= 4 is 0 Å². The molecular weight excluding hydrogens is 260 g/mol. The molecule has 0 saturated heterocycles. The predicted molar refractivity (Wildman–Crippen MR) is 81.5 cm³/mol. The lowest BCUT2D eigenvalue weighted by Gasteiger charge is -2.15. The molecule has 0 aliphatic rings. The van der Waals surface area contributed by atoms with Crippen molar-refractivity contribution in [3.63, 3.8) is 0 Å². The van der Waals surface area contributed by atoms with E-state index >= 15 is 0 Å². The maximum Gasteiger partial charge on any atom is 0.0933 e. The average molecular weight is 294 g/mol. The van der Waals surface area contributed by atoms with Gasteiger partial charge in [0.1, 0.15) is 0 Å². The van der Waals surface area contributed by atoms with Gasteiger partial charge in [-0.2, -0.15) is 0 Å². The normalized spacial score (nSPS) is 12.2. The van der Waals surface area contributed by atoms with Crippen molar-refractivity contribution in [1.82, 2.24) is 10.2 Å². The molecule has 0 fully saturated rings. The van der Waals surface area contributed by atoms with E-state index in [0.29, 0.717) is 19.6 Å². The van der Waals surface area contributed by atoms with Crippen molar-refractivity contribution in [1.29, 1.82) is 0 Å². The van der Waals surface area contributed by atoms with Crippen LogP contribution in [0.5, 0.6) is 0 Å². The Labute approximate surface area is 123 Å². The topological polar surface area (TPSA) is 96.2 Å². The quantitative estimate of drug-likeness (QED) is 0.252. The number of unbranched alkanes of at least 4 members (excludes halogenated alkanes) is 2. The third-order valence-electron chi connectivity index (χ3n) is 2.90. The van der Waals surface area contributed by atoms with E-state index in [-0.39, 0.29) is 19.4 Å². The van der Waals surface area contributed by atoms with Gasteiger partial charge in [-0.25, -0.2) is 0 Å². The monoisotopic (exact) mass is 294 g/mol. The summed E-state index contributed by atoms with van der Waals surface area (Å²) >= 11 is 0. The summed E-state index contributed by atoms with van der Waals surface area (Å²) in [6, 6.07) is 0.213. The first-order valence-corrected chi connectivity index (χ1v) is 7.47. The van der Waals surface area contributed by atoms with Gasteiger partial charge in [0.05, 0.1) is 6.73 Å². The lowest BCUT2D eigenvalue weighted by molar-refractivity contribution is 0.219. The molecule has 20 heavy (non-hydrogen) atoms. The van der Waals surface area contributed by atoms with Crippen LogP contribution in [0.1, 0.15) is 39.0 Å². The van der Waals surface area contributed by atoms with Crippen LogP contribution in [-0.4, -0.2) is 78.1 Å². The van der Waals surface area contributed by atoms with E-state index in [1.165, 1.54) is 0 Å². The van der Waals surface area contributed by atoms with Gasteiger partial charge in [-0.1, -0.05) is 0 Å². The van der Waals surface area contributed by atoms with Gasteiger partial charge in [-0.15, -0.1) is 0 Å². The summed E-state index contributed by atoms with van der Waals surface area (Å²) in [7, 11) is 2.08. The van der Waals surface area contributed by atoms with Gasteiger partial charge in [-0.05, 0) is 59.2 Å². The zero-order chi connectivity index (χ0) is 15.6. The second kappa shape index (κ2) is 18.8. The van der Waals surface area contributed by atoms with Gasteiger partial charge in [0.25, 0.3) is 0 Å². The molecule has 0 amide bonds. The van der Waals surface area contributed by atoms with E-state index in [9.17, 15) is 0 Å². The average Bonchev–Trinajstić information content (AvgIpc) is 2.41. The first kappa shape index (κ1) is 22.0. The Morgan fingerprint density at radius 1 is 0.850 bits per heavy atom. The van der Waals surface area contributed by atoms with Crippen LogP contribution in [0.4, 0.5) is 0 Å². The number of nitrogens with one attached hydrogen (secondary N) is 1. The highest BCUT2D eigenvalue weighted by atomic mass is 16.3. The molecule has 5 N–H and O–H groups in total. The van der Waals surface area contributed by atoms with Gasteiger partial charge >= 0.3 is 0 Å². The molecule has 0 heterocycles. The molecule has 0 aromatic heterocycles. The van der Waals surface area contributed by atoms with Crippen LogP contribution in [-0.2, 0) is 0 Å². The zero-order valence-corrected chi connectivity index (χ0v) is 13.1. The zero-order valence-electron chi connectivity index (χ0n) is 13.1. The van der Waals surface area contributed by atoms with E-state index < -0.39 is 0 Å². The molecule has 1 atom stereocenters. The Bertz CT molecular complexity index is 157. The summed E-state index contributed by atoms with van der Waals surface area (Å²) in [4.78, 5) is 2.24. The van der Waals surface area contributed by atoms with E-state index in [4.69, 9.17) is 20.4 Å². The number of aliphatic hydroxyl groups excluding tert-OH is 4. The number of aliphatic hydroxyl groups is 4. The molecule has 0 spiro atoms. The summed E-state index contributed by atoms with van der Waals surface area (Å²) in [6.07, 6.45) is 4.60. The highest BCUT2D eigenvalue weighted by Crippen LogP contribution is 1.95. The second-order valence-electron chi connectivity index (χ2n) is 4.94. The van der Waals surface area contributed by atoms with Crippen molar-refractivity contribution in [2.45, 2.75) is 45.1 Å². The number of rotatable bonds is 12. The molecule has 0 aromatic carbocycles. The van der Waals surface area contributed by atoms with Crippen molar-refractivity contribution in [3.8, 4) is 0 Å². The molecule has 0 radical (unpaired) electrons. The smallest absolute Gasteiger partial charge is 0.0933 e. The summed E-state index contributed by atoms with van der Waals surface area (Å²) in [5.74, 6) is 0. The minimum atomic E-state index is -0.0127. The first-order chi connectivity index (χ1) is 9.62. The van der Waals surface area contributed by atoms with Crippen LogP contribution in [0.15, 0.2) is 0 Å². The van der Waals surface area contributed by atoms with Gasteiger partial charge in [0.2, 0.25) is 0 Å². The molecule has 124 valence electrons. The summed E-state index contributed by atoms with van der Waals surface area (Å²) in [5, 5.41) is 36.4. The van der Waals surface area contributed by atoms with Crippen molar-refractivity contribution in [3.05, 3.63) is 0 Å². The van der Waals surface area contributed by atoms with Gasteiger partial charge in [0.15, 0.2) is 0 Å². The Kier molecular flexibility index (Phi) is 20.7. The first-order valence-electron chi connectivity index (χ1n) is 7.47. The Morgan fingerprint density at radius 3 is 1.70 bits per heavy atom. The largest absolute Gasteiger partial charge is 0.396 e. The van der Waals surface area contributed by atoms with Crippen LogP contribution in [0, 0.1) is 0 Å². The number of hydrogen-bond donors (Lipinski definition) is 5. The molecule has 0 aliphatic heterocycles. The maximum absolute atomic E-state index is 8.54. The van der Waals surface area contributed by atoms with Gasteiger partial charge in [0, 0.05) is 25.9 Å². The van der Waals surface area contributed by atoms with Crippen LogP contribution < -0.4 is 5.32 Å². The standard InChI is InChI=1S/C9H21NO2.C5H13NO2/c1-10(6-2-4-8-11)7-3-5-9-12;1-5(2-3-7)6-4-8/h11-12H,2-9H2,1H3;5-8H,2-4H2,1H3. The Morgan fingerprint density at radius 2 is 1.35 bits per heavy atom. The number of hydrogen-bond acceptors (Lipinski definition) is 6. The molecule has 1 unspecified atom stereocenters. The fourth-order valence-electron chi connectivity index (χ4n) is 1.55. The van der Waals surface area contributed by atoms with Crippen LogP contribution in [0.3, 0.4) is 0 Å². The highest BCUT2D eigenvalue weighted by molar-refractivity contribution is 4.54. The molecule has 6 heteroatoms. The molecule has 6 nitrogen and oxygen atoms in total. The van der Waals surface area contributed by atoms with E-state index in [2.05, 4.69) is 17.3 Å². The van der Waals surface area contributed by atoms with Crippen molar-refractivity contribution in [2.75, 3.05) is 46.7 Å². The molecule has 0 rings (SSSR count). The number of nitrogens with zero attached hydrogens (tertiary/aromatic N) is 1. The van der Waals surface area contributed by atoms with Gasteiger partial charge < -0.3 is 25.3 Å². The minimum absolute atomic E-state index is 0.0127. The molecule has 0 bridgehead atoms. The molecular formula is C14H34N2O4. The Balaban J connectivity index is 0. The van der Waals surface area contributed by atoms with Crippen LogP contribution in [0.2, 0.25) is 0 Å². The summed E-state index contributed by atoms with van der Waals surface area (Å²) in [6.45, 7) is 4.76. The third-order valence-corrected chi connectivity index (χ3v) is 2.90. The van der Waals surface area contributed by atoms with Gasteiger partial charge in [-0.3, -0.25) is 5.32 Å². The van der Waals surface area contributed by atoms with E-state index in [1.54, 1.807) is 0 Å². The van der Waals surface area contributed by atoms with E-state index in [1.807, 2.05) is 6.92 Å². The second-order valence-corrected chi connectivity index (χ2v) is 4.94.